The predicted molar refractivity (Wildman–Crippen MR) is 78.5 cm³/mol. The van der Waals surface area contributed by atoms with Crippen molar-refractivity contribution in [1.29, 1.82) is 0 Å². The second-order valence-electron chi connectivity index (χ2n) is 4.10. The Morgan fingerprint density at radius 2 is 2.00 bits per heavy atom. The molecule has 1 aromatic carbocycles. The highest BCUT2D eigenvalue weighted by Crippen LogP contribution is 2.29. The molecule has 3 aromatic rings. The van der Waals surface area contributed by atoms with Crippen LogP contribution in [0.3, 0.4) is 0 Å². The van der Waals surface area contributed by atoms with Gasteiger partial charge in [0.25, 0.3) is 0 Å². The van der Waals surface area contributed by atoms with E-state index in [0.29, 0.717) is 0 Å². The molecule has 2 aromatic heterocycles. The van der Waals surface area contributed by atoms with Crippen molar-refractivity contribution >= 4 is 44.0 Å². The van der Waals surface area contributed by atoms with E-state index in [4.69, 9.17) is 0 Å². The van der Waals surface area contributed by atoms with Gasteiger partial charge in [-0.3, -0.25) is 4.79 Å². The number of thiophene rings is 1. The van der Waals surface area contributed by atoms with Crippen molar-refractivity contribution in [3.05, 3.63) is 56.3 Å². The highest BCUT2D eigenvalue weighted by molar-refractivity contribution is 9.11. The van der Waals surface area contributed by atoms with Crippen LogP contribution in [0.5, 0.6) is 0 Å². The SMILES string of the molecule is Cc1[nH]c2ccccc2c1C(=O)c1ccc(Br)s1. The van der Waals surface area contributed by atoms with Crippen LogP contribution in [0.15, 0.2) is 40.2 Å². The van der Waals surface area contributed by atoms with E-state index in [-0.39, 0.29) is 5.78 Å². The Morgan fingerprint density at radius 1 is 1.22 bits per heavy atom. The molecule has 0 spiro atoms. The normalized spacial score (nSPS) is 11.0. The van der Waals surface area contributed by atoms with Gasteiger partial charge in [0, 0.05) is 16.6 Å². The van der Waals surface area contributed by atoms with E-state index >= 15 is 0 Å². The van der Waals surface area contributed by atoms with Gasteiger partial charge in [0.1, 0.15) is 0 Å². The Morgan fingerprint density at radius 3 is 2.72 bits per heavy atom. The summed E-state index contributed by atoms with van der Waals surface area (Å²) in [6.07, 6.45) is 0. The first-order chi connectivity index (χ1) is 8.66. The molecule has 0 unspecified atom stereocenters. The lowest BCUT2D eigenvalue weighted by atomic mass is 10.1. The maximum Gasteiger partial charge on any atom is 0.205 e. The second kappa shape index (κ2) is 4.37. The summed E-state index contributed by atoms with van der Waals surface area (Å²) >= 11 is 4.86. The molecule has 0 bridgehead atoms. The molecule has 18 heavy (non-hydrogen) atoms. The molecule has 4 heteroatoms. The fourth-order valence-electron chi connectivity index (χ4n) is 2.13. The molecule has 90 valence electrons. The number of ketones is 1. The van der Waals surface area contributed by atoms with Gasteiger partial charge in [-0.05, 0) is 41.1 Å². The Balaban J connectivity index is 2.20. The first kappa shape index (κ1) is 11.7. The van der Waals surface area contributed by atoms with Crippen LogP contribution in [0.2, 0.25) is 0 Å². The number of nitrogens with one attached hydrogen (secondary N) is 1. The molecule has 0 amide bonds. The summed E-state index contributed by atoms with van der Waals surface area (Å²) in [7, 11) is 0. The van der Waals surface area contributed by atoms with Crippen LogP contribution >= 0.6 is 27.3 Å². The number of aryl methyl sites for hydroxylation is 1. The van der Waals surface area contributed by atoms with E-state index in [1.54, 1.807) is 0 Å². The van der Waals surface area contributed by atoms with Crippen LogP contribution in [0.1, 0.15) is 20.9 Å². The van der Waals surface area contributed by atoms with Crippen molar-refractivity contribution in [2.24, 2.45) is 0 Å². The maximum absolute atomic E-state index is 12.5. The van der Waals surface area contributed by atoms with Crippen LogP contribution in [0.4, 0.5) is 0 Å². The summed E-state index contributed by atoms with van der Waals surface area (Å²) in [5.41, 5.74) is 2.71. The number of hydrogen-bond donors (Lipinski definition) is 1. The molecule has 1 N–H and O–H groups in total. The number of carbonyl (C=O) groups excluding carboxylic acids is 1. The Bertz CT molecular complexity index is 741. The average molecular weight is 320 g/mol. The van der Waals surface area contributed by atoms with Gasteiger partial charge in [-0.25, -0.2) is 0 Å². The Labute approximate surface area is 117 Å². The molecule has 0 saturated heterocycles. The van der Waals surface area contributed by atoms with E-state index in [2.05, 4.69) is 20.9 Å². The van der Waals surface area contributed by atoms with E-state index in [0.717, 1.165) is 30.8 Å². The van der Waals surface area contributed by atoms with Crippen LogP contribution in [0.25, 0.3) is 10.9 Å². The number of H-pyrrole nitrogens is 1. The molecular formula is C14H10BrNOS. The third kappa shape index (κ3) is 1.82. The topological polar surface area (TPSA) is 32.9 Å². The fourth-order valence-corrected chi connectivity index (χ4v) is 3.46. The van der Waals surface area contributed by atoms with Gasteiger partial charge in [-0.15, -0.1) is 11.3 Å². The number of fused-ring (bicyclic) bond motifs is 1. The number of carbonyl (C=O) groups is 1. The molecule has 0 fully saturated rings. The van der Waals surface area contributed by atoms with E-state index in [1.807, 2.05) is 43.3 Å². The highest BCUT2D eigenvalue weighted by Gasteiger charge is 2.18. The van der Waals surface area contributed by atoms with Gasteiger partial charge in [-0.2, -0.15) is 0 Å². The van der Waals surface area contributed by atoms with Crippen LogP contribution in [0, 0.1) is 6.92 Å². The summed E-state index contributed by atoms with van der Waals surface area (Å²) in [6.45, 7) is 1.94. The van der Waals surface area contributed by atoms with Crippen LogP contribution in [-0.4, -0.2) is 10.8 Å². The number of para-hydroxylation sites is 1. The number of aromatic amines is 1. The number of hydrogen-bond acceptors (Lipinski definition) is 2. The predicted octanol–water partition coefficient (Wildman–Crippen LogP) is 4.53. The van der Waals surface area contributed by atoms with E-state index in [1.165, 1.54) is 11.3 Å². The fraction of sp³-hybridized carbons (Fsp3) is 0.0714. The van der Waals surface area contributed by atoms with Crippen molar-refractivity contribution in [2.75, 3.05) is 0 Å². The van der Waals surface area contributed by atoms with Gasteiger partial charge >= 0.3 is 0 Å². The molecule has 0 aliphatic carbocycles. The van der Waals surface area contributed by atoms with Gasteiger partial charge in [0.05, 0.1) is 14.2 Å². The van der Waals surface area contributed by atoms with Gasteiger partial charge in [-0.1, -0.05) is 18.2 Å². The lowest BCUT2D eigenvalue weighted by Crippen LogP contribution is -1.99. The van der Waals surface area contributed by atoms with Crippen LogP contribution in [-0.2, 0) is 0 Å². The minimum atomic E-state index is 0.0839. The third-order valence-corrected chi connectivity index (χ3v) is 4.54. The zero-order chi connectivity index (χ0) is 12.7. The zero-order valence-corrected chi connectivity index (χ0v) is 12.1. The third-order valence-electron chi connectivity index (χ3n) is 2.92. The van der Waals surface area contributed by atoms with Gasteiger partial charge in [0.15, 0.2) is 0 Å². The lowest BCUT2D eigenvalue weighted by Gasteiger charge is -1.98. The van der Waals surface area contributed by atoms with E-state index in [9.17, 15) is 4.79 Å². The minimum Gasteiger partial charge on any atom is -0.358 e. The average Bonchev–Trinajstić information content (AvgIpc) is 2.91. The Hall–Kier alpha value is -1.39. The highest BCUT2D eigenvalue weighted by atomic mass is 79.9. The number of rotatable bonds is 2. The maximum atomic E-state index is 12.5. The quantitative estimate of drug-likeness (QED) is 0.691. The molecule has 2 nitrogen and oxygen atoms in total. The lowest BCUT2D eigenvalue weighted by molar-refractivity contribution is 0.104. The standard InChI is InChI=1S/C14H10BrNOS/c1-8-13(9-4-2-3-5-10(9)16-8)14(17)11-6-7-12(15)18-11/h2-7,16H,1H3. The number of halogens is 1. The van der Waals surface area contributed by atoms with Gasteiger partial charge in [0.2, 0.25) is 5.78 Å². The molecule has 0 atom stereocenters. The summed E-state index contributed by atoms with van der Waals surface area (Å²) < 4.78 is 0.975. The number of aromatic nitrogens is 1. The second-order valence-corrected chi connectivity index (χ2v) is 6.57. The largest absolute Gasteiger partial charge is 0.358 e. The number of benzene rings is 1. The zero-order valence-electron chi connectivity index (χ0n) is 9.66. The molecule has 2 heterocycles. The molecule has 0 radical (unpaired) electrons. The van der Waals surface area contributed by atoms with Crippen molar-refractivity contribution in [3.63, 3.8) is 0 Å². The summed E-state index contributed by atoms with van der Waals surface area (Å²) in [4.78, 5) is 16.5. The Kier molecular flexibility index (Phi) is 2.84. The van der Waals surface area contributed by atoms with Crippen molar-refractivity contribution in [1.82, 2.24) is 4.98 Å². The monoisotopic (exact) mass is 319 g/mol. The van der Waals surface area contributed by atoms with Gasteiger partial charge < -0.3 is 4.98 Å². The molecule has 3 rings (SSSR count). The smallest absolute Gasteiger partial charge is 0.205 e. The minimum absolute atomic E-state index is 0.0839. The molecule has 0 aliphatic rings. The van der Waals surface area contributed by atoms with Crippen LogP contribution < -0.4 is 0 Å². The molecule has 0 saturated carbocycles. The van der Waals surface area contributed by atoms with Crippen molar-refractivity contribution in [2.45, 2.75) is 6.92 Å². The summed E-state index contributed by atoms with van der Waals surface area (Å²) in [5, 5.41) is 0.990. The summed E-state index contributed by atoms with van der Waals surface area (Å²) in [5.74, 6) is 0.0839. The first-order valence-electron chi connectivity index (χ1n) is 5.54. The molecular weight excluding hydrogens is 310 g/mol. The van der Waals surface area contributed by atoms with Crippen molar-refractivity contribution in [3.8, 4) is 0 Å². The van der Waals surface area contributed by atoms with Crippen molar-refractivity contribution < 1.29 is 4.79 Å². The first-order valence-corrected chi connectivity index (χ1v) is 7.15. The molecule has 0 aliphatic heterocycles. The summed E-state index contributed by atoms with van der Waals surface area (Å²) in [6, 6.07) is 11.7. The van der Waals surface area contributed by atoms with E-state index < -0.39 is 0 Å².